The molecule has 0 saturated heterocycles. The van der Waals surface area contributed by atoms with Gasteiger partial charge >= 0.3 is 5.97 Å². The molecule has 0 saturated carbocycles. The minimum atomic E-state index is -0.974. The first kappa shape index (κ1) is 16.5. The van der Waals surface area contributed by atoms with Gasteiger partial charge in [-0.05, 0) is 38.3 Å². The first-order valence-electron chi connectivity index (χ1n) is 7.73. The summed E-state index contributed by atoms with van der Waals surface area (Å²) in [5.41, 5.74) is 2.59. The molecule has 1 heterocycles. The lowest BCUT2D eigenvalue weighted by Gasteiger charge is -2.36. The van der Waals surface area contributed by atoms with Gasteiger partial charge in [0.05, 0.1) is 6.04 Å². The maximum atomic E-state index is 12.7. The molecule has 0 radical (unpaired) electrons. The third kappa shape index (κ3) is 3.65. The van der Waals surface area contributed by atoms with Crippen LogP contribution in [0.1, 0.15) is 31.9 Å². The van der Waals surface area contributed by atoms with Gasteiger partial charge in [-0.25, -0.2) is 0 Å². The lowest BCUT2D eigenvalue weighted by molar-refractivity contribution is -0.148. The summed E-state index contributed by atoms with van der Waals surface area (Å²) in [7, 11) is 0. The van der Waals surface area contributed by atoms with Crippen molar-refractivity contribution in [3.8, 4) is 0 Å². The molecule has 1 aliphatic rings. The molecule has 1 amide bonds. The maximum Gasteiger partial charge on any atom is 0.323 e. The predicted octanol–water partition coefficient (Wildman–Crippen LogP) is 1.75. The average Bonchev–Trinajstić information content (AvgIpc) is 2.50. The van der Waals surface area contributed by atoms with E-state index >= 15 is 0 Å². The van der Waals surface area contributed by atoms with Crippen LogP contribution in [0.4, 0.5) is 0 Å². The molecule has 0 spiro atoms. The number of nitrogens with zero attached hydrogens (tertiary/aromatic N) is 2. The fraction of sp³-hybridized carbons (Fsp3) is 0.529. The average molecular weight is 304 g/mol. The summed E-state index contributed by atoms with van der Waals surface area (Å²) in [5, 5.41) is 9.00. The van der Waals surface area contributed by atoms with Gasteiger partial charge in [-0.1, -0.05) is 24.3 Å². The van der Waals surface area contributed by atoms with Gasteiger partial charge < -0.3 is 10.0 Å². The maximum absolute atomic E-state index is 12.7. The van der Waals surface area contributed by atoms with Crippen molar-refractivity contribution in [1.82, 2.24) is 9.80 Å². The van der Waals surface area contributed by atoms with E-state index in [0.717, 1.165) is 19.5 Å². The van der Waals surface area contributed by atoms with Crippen LogP contribution in [0, 0.1) is 0 Å². The molecule has 2 rings (SSSR count). The molecule has 5 heteroatoms. The largest absolute Gasteiger partial charge is 0.480 e. The van der Waals surface area contributed by atoms with Crippen molar-refractivity contribution < 1.29 is 14.7 Å². The number of aliphatic carboxylic acids is 1. The van der Waals surface area contributed by atoms with E-state index in [1.165, 1.54) is 16.0 Å². The number of fused-ring (bicyclic) bond motifs is 1. The van der Waals surface area contributed by atoms with Gasteiger partial charge in [0.1, 0.15) is 6.54 Å². The summed E-state index contributed by atoms with van der Waals surface area (Å²) < 4.78 is 0. The van der Waals surface area contributed by atoms with E-state index in [4.69, 9.17) is 5.11 Å². The van der Waals surface area contributed by atoms with Crippen LogP contribution in [0.3, 0.4) is 0 Å². The Morgan fingerprint density at radius 2 is 1.86 bits per heavy atom. The Morgan fingerprint density at radius 3 is 2.45 bits per heavy atom. The zero-order valence-corrected chi connectivity index (χ0v) is 13.5. The van der Waals surface area contributed by atoms with E-state index in [1.807, 2.05) is 32.9 Å². The highest BCUT2D eigenvalue weighted by atomic mass is 16.4. The molecular formula is C17H24N2O3. The highest BCUT2D eigenvalue weighted by molar-refractivity contribution is 5.85. The fourth-order valence-corrected chi connectivity index (χ4v) is 2.90. The van der Waals surface area contributed by atoms with Crippen LogP contribution in [-0.2, 0) is 22.6 Å². The fourth-order valence-electron chi connectivity index (χ4n) is 2.90. The minimum Gasteiger partial charge on any atom is -0.480 e. The van der Waals surface area contributed by atoms with Crippen molar-refractivity contribution in [2.45, 2.75) is 45.8 Å². The van der Waals surface area contributed by atoms with Crippen LogP contribution in [0.5, 0.6) is 0 Å². The minimum absolute atomic E-state index is 0.114. The van der Waals surface area contributed by atoms with E-state index in [0.29, 0.717) is 0 Å². The van der Waals surface area contributed by atoms with Crippen molar-refractivity contribution in [3.63, 3.8) is 0 Å². The van der Waals surface area contributed by atoms with Crippen molar-refractivity contribution in [2.75, 3.05) is 13.1 Å². The van der Waals surface area contributed by atoms with Crippen molar-refractivity contribution in [2.24, 2.45) is 0 Å². The van der Waals surface area contributed by atoms with Gasteiger partial charge in [0.2, 0.25) is 5.91 Å². The van der Waals surface area contributed by atoms with Crippen molar-refractivity contribution in [3.05, 3.63) is 35.4 Å². The number of carboxylic acid groups (broad SMARTS) is 1. The Kier molecular flexibility index (Phi) is 5.19. The first-order chi connectivity index (χ1) is 10.4. The van der Waals surface area contributed by atoms with E-state index in [-0.39, 0.29) is 24.5 Å². The van der Waals surface area contributed by atoms with Crippen LogP contribution >= 0.6 is 0 Å². The van der Waals surface area contributed by atoms with Crippen molar-refractivity contribution in [1.29, 1.82) is 0 Å². The van der Waals surface area contributed by atoms with Gasteiger partial charge in [0.15, 0.2) is 0 Å². The quantitative estimate of drug-likeness (QED) is 0.900. The number of carboxylic acids is 1. The van der Waals surface area contributed by atoms with Gasteiger partial charge in [-0.15, -0.1) is 0 Å². The van der Waals surface area contributed by atoms with Crippen LogP contribution in [0.15, 0.2) is 24.3 Å². The predicted molar refractivity (Wildman–Crippen MR) is 84.5 cm³/mol. The second-order valence-corrected chi connectivity index (χ2v) is 6.12. The SMILES string of the molecule is CC(C(=O)N(CC(=O)O)C(C)C)N1CCc2ccccc2C1. The second-order valence-electron chi connectivity index (χ2n) is 6.12. The lowest BCUT2D eigenvalue weighted by Crippen LogP contribution is -2.51. The zero-order chi connectivity index (χ0) is 16.3. The van der Waals surface area contributed by atoms with Crippen LogP contribution in [0.2, 0.25) is 0 Å². The number of benzene rings is 1. The Labute approximate surface area is 131 Å². The number of rotatable bonds is 5. The summed E-state index contributed by atoms with van der Waals surface area (Å²) in [6.07, 6.45) is 0.925. The molecule has 5 nitrogen and oxygen atoms in total. The zero-order valence-electron chi connectivity index (χ0n) is 13.5. The van der Waals surface area contributed by atoms with E-state index in [1.54, 1.807) is 0 Å². The van der Waals surface area contributed by atoms with E-state index in [2.05, 4.69) is 17.0 Å². The number of hydrogen-bond acceptors (Lipinski definition) is 3. The smallest absolute Gasteiger partial charge is 0.323 e. The monoisotopic (exact) mass is 304 g/mol. The molecule has 1 aromatic carbocycles. The second kappa shape index (κ2) is 6.92. The van der Waals surface area contributed by atoms with Crippen LogP contribution in [-0.4, -0.2) is 52.0 Å². The summed E-state index contributed by atoms with van der Waals surface area (Å²) in [5.74, 6) is -1.09. The van der Waals surface area contributed by atoms with Gasteiger partial charge in [-0.2, -0.15) is 0 Å². The van der Waals surface area contributed by atoms with Gasteiger partial charge in [0, 0.05) is 19.1 Å². The molecule has 0 aromatic heterocycles. The molecule has 22 heavy (non-hydrogen) atoms. The van der Waals surface area contributed by atoms with Gasteiger partial charge in [0.25, 0.3) is 0 Å². The van der Waals surface area contributed by atoms with Crippen LogP contribution < -0.4 is 0 Å². The highest BCUT2D eigenvalue weighted by Gasteiger charge is 2.30. The standard InChI is InChI=1S/C17H24N2O3/c1-12(2)19(11-16(20)21)17(22)13(3)18-9-8-14-6-4-5-7-15(14)10-18/h4-7,12-13H,8-11H2,1-3H3,(H,20,21). The normalized spacial score (nSPS) is 16.2. The van der Waals surface area contributed by atoms with Crippen LogP contribution in [0.25, 0.3) is 0 Å². The third-order valence-electron chi connectivity index (χ3n) is 4.28. The summed E-state index contributed by atoms with van der Waals surface area (Å²) >= 11 is 0. The Balaban J connectivity index is 2.09. The summed E-state index contributed by atoms with van der Waals surface area (Å²) in [4.78, 5) is 27.2. The lowest BCUT2D eigenvalue weighted by atomic mass is 9.98. The highest BCUT2D eigenvalue weighted by Crippen LogP contribution is 2.21. The number of carbonyl (C=O) groups is 2. The summed E-state index contributed by atoms with van der Waals surface area (Å²) in [6, 6.07) is 7.84. The summed E-state index contributed by atoms with van der Waals surface area (Å²) in [6.45, 7) is 6.88. The molecular weight excluding hydrogens is 280 g/mol. The van der Waals surface area contributed by atoms with Crippen molar-refractivity contribution >= 4 is 11.9 Å². The molecule has 1 aromatic rings. The van der Waals surface area contributed by atoms with E-state index in [9.17, 15) is 9.59 Å². The molecule has 0 bridgehead atoms. The topological polar surface area (TPSA) is 60.9 Å². The molecule has 120 valence electrons. The number of carbonyl (C=O) groups excluding carboxylic acids is 1. The Hall–Kier alpha value is -1.88. The number of amides is 1. The number of hydrogen-bond donors (Lipinski definition) is 1. The molecule has 1 N–H and O–H groups in total. The Bertz CT molecular complexity index is 557. The molecule has 1 unspecified atom stereocenters. The van der Waals surface area contributed by atoms with Gasteiger partial charge in [-0.3, -0.25) is 14.5 Å². The molecule has 1 atom stereocenters. The molecule has 0 aliphatic carbocycles. The molecule has 1 aliphatic heterocycles. The first-order valence-corrected chi connectivity index (χ1v) is 7.73. The third-order valence-corrected chi connectivity index (χ3v) is 4.28. The van der Waals surface area contributed by atoms with E-state index < -0.39 is 5.97 Å². The Morgan fingerprint density at radius 1 is 1.23 bits per heavy atom. The molecule has 0 fully saturated rings.